The quantitative estimate of drug-likeness (QED) is 0.422. The zero-order valence-corrected chi connectivity index (χ0v) is 18.7. The third-order valence-electron chi connectivity index (χ3n) is 4.94. The van der Waals surface area contributed by atoms with E-state index in [1.165, 1.54) is 29.2 Å². The predicted molar refractivity (Wildman–Crippen MR) is 118 cm³/mol. The molecule has 31 heavy (non-hydrogen) atoms. The van der Waals surface area contributed by atoms with E-state index in [-0.39, 0.29) is 24.1 Å². The Labute approximate surface area is 187 Å². The summed E-state index contributed by atoms with van der Waals surface area (Å²) in [6.45, 7) is 2.04. The molecule has 0 spiro atoms. The number of aryl methyl sites for hydroxylation is 1. The maximum absolute atomic E-state index is 14.1. The van der Waals surface area contributed by atoms with E-state index in [0.29, 0.717) is 27.1 Å². The second-order valence-corrected chi connectivity index (χ2v) is 9.01. The third-order valence-corrected chi connectivity index (χ3v) is 7.16. The van der Waals surface area contributed by atoms with Crippen LogP contribution in [0.25, 0.3) is 11.4 Å². The number of carbonyl (C=O) groups excluding carboxylic acids is 2. The highest BCUT2D eigenvalue weighted by atomic mass is 32.2. The number of ether oxygens (including phenoxy) is 1. The van der Waals surface area contributed by atoms with Crippen molar-refractivity contribution in [3.8, 4) is 11.4 Å². The summed E-state index contributed by atoms with van der Waals surface area (Å²) in [5.41, 5.74) is 1.83. The Bertz CT molecular complexity index is 1140. The number of fused-ring (bicyclic) bond motifs is 1. The molecule has 0 atom stereocenters. The SMILES string of the molecule is CCOC(=O)c1c(NC(=O)CSc2nnc(-c3ccccc3F)n2C)sc2c1CCC2. The van der Waals surface area contributed by atoms with E-state index in [2.05, 4.69) is 15.5 Å². The molecule has 0 unspecified atom stereocenters. The highest BCUT2D eigenvalue weighted by molar-refractivity contribution is 7.99. The number of halogens is 1. The van der Waals surface area contributed by atoms with Crippen LogP contribution in [0.5, 0.6) is 0 Å². The van der Waals surface area contributed by atoms with Crippen LogP contribution in [0.3, 0.4) is 0 Å². The molecule has 2 heterocycles. The second-order valence-electron chi connectivity index (χ2n) is 6.96. The van der Waals surface area contributed by atoms with Gasteiger partial charge in [0.05, 0.1) is 23.5 Å². The molecule has 4 rings (SSSR count). The molecule has 0 aliphatic heterocycles. The summed E-state index contributed by atoms with van der Waals surface area (Å²) in [5.74, 6) is -0.572. The Kier molecular flexibility index (Phi) is 6.38. The van der Waals surface area contributed by atoms with Crippen molar-refractivity contribution >= 4 is 40.0 Å². The number of esters is 1. The molecule has 1 aliphatic carbocycles. The number of thiophene rings is 1. The number of anilines is 1. The first-order chi connectivity index (χ1) is 15.0. The first kappa shape index (κ1) is 21.5. The highest BCUT2D eigenvalue weighted by Gasteiger charge is 2.28. The lowest BCUT2D eigenvalue weighted by molar-refractivity contribution is -0.113. The summed E-state index contributed by atoms with van der Waals surface area (Å²) in [6.07, 6.45) is 2.74. The number of amides is 1. The molecule has 1 aliphatic rings. The molecule has 0 bridgehead atoms. The number of nitrogens with one attached hydrogen (secondary N) is 1. The monoisotopic (exact) mass is 460 g/mol. The van der Waals surface area contributed by atoms with Crippen LogP contribution in [-0.2, 0) is 29.4 Å². The molecule has 3 aromatic rings. The Morgan fingerprint density at radius 3 is 2.87 bits per heavy atom. The van der Waals surface area contributed by atoms with Gasteiger partial charge in [0.25, 0.3) is 0 Å². The Balaban J connectivity index is 1.45. The summed E-state index contributed by atoms with van der Waals surface area (Å²) in [6, 6.07) is 6.34. The van der Waals surface area contributed by atoms with Gasteiger partial charge in [0, 0.05) is 11.9 Å². The smallest absolute Gasteiger partial charge is 0.341 e. The van der Waals surface area contributed by atoms with Crippen LogP contribution in [-0.4, -0.2) is 39.0 Å². The standard InChI is InChI=1S/C21H21FN4O3S2/c1-3-29-20(28)17-13-8-6-10-15(13)31-19(17)23-16(27)11-30-21-25-24-18(26(21)2)12-7-4-5-9-14(12)22/h4-5,7,9H,3,6,8,10-11H2,1-2H3,(H,23,27). The first-order valence-corrected chi connectivity index (χ1v) is 11.7. The molecule has 1 N–H and O–H groups in total. The van der Waals surface area contributed by atoms with Crippen LogP contribution >= 0.6 is 23.1 Å². The van der Waals surface area contributed by atoms with Crippen LogP contribution in [0.2, 0.25) is 0 Å². The van der Waals surface area contributed by atoms with Crippen molar-refractivity contribution in [2.45, 2.75) is 31.3 Å². The van der Waals surface area contributed by atoms with Crippen LogP contribution in [0, 0.1) is 5.82 Å². The van der Waals surface area contributed by atoms with Gasteiger partial charge in [-0.1, -0.05) is 23.9 Å². The Hall–Kier alpha value is -2.72. The van der Waals surface area contributed by atoms with E-state index >= 15 is 0 Å². The zero-order valence-electron chi connectivity index (χ0n) is 17.1. The molecule has 0 saturated carbocycles. The lowest BCUT2D eigenvalue weighted by atomic mass is 10.1. The molecule has 162 valence electrons. The number of hydrogen-bond acceptors (Lipinski definition) is 7. The van der Waals surface area contributed by atoms with E-state index in [4.69, 9.17) is 4.74 Å². The number of nitrogens with zero attached hydrogens (tertiary/aromatic N) is 3. The summed E-state index contributed by atoms with van der Waals surface area (Å²) < 4.78 is 20.9. The third kappa shape index (κ3) is 4.35. The summed E-state index contributed by atoms with van der Waals surface area (Å²) in [5, 5.41) is 12.0. The molecule has 2 aromatic heterocycles. The summed E-state index contributed by atoms with van der Waals surface area (Å²) in [4.78, 5) is 26.2. The number of carbonyl (C=O) groups is 2. The molecule has 7 nitrogen and oxygen atoms in total. The van der Waals surface area contributed by atoms with Gasteiger partial charge < -0.3 is 14.6 Å². The van der Waals surface area contributed by atoms with Crippen molar-refractivity contribution < 1.29 is 18.7 Å². The van der Waals surface area contributed by atoms with Crippen molar-refractivity contribution in [3.05, 3.63) is 46.1 Å². The summed E-state index contributed by atoms with van der Waals surface area (Å²) >= 11 is 2.64. The normalized spacial score (nSPS) is 12.6. The van der Waals surface area contributed by atoms with E-state index in [1.54, 1.807) is 36.7 Å². The van der Waals surface area contributed by atoms with Crippen LogP contribution in [0.4, 0.5) is 9.39 Å². The molecular weight excluding hydrogens is 439 g/mol. The highest BCUT2D eigenvalue weighted by Crippen LogP contribution is 2.39. The fraction of sp³-hybridized carbons (Fsp3) is 0.333. The minimum absolute atomic E-state index is 0.0775. The van der Waals surface area contributed by atoms with Crippen molar-refractivity contribution in [3.63, 3.8) is 0 Å². The largest absolute Gasteiger partial charge is 0.462 e. The maximum Gasteiger partial charge on any atom is 0.341 e. The number of hydrogen-bond donors (Lipinski definition) is 1. The first-order valence-electron chi connectivity index (χ1n) is 9.88. The van der Waals surface area contributed by atoms with Gasteiger partial charge in [0.15, 0.2) is 11.0 Å². The molecule has 0 saturated heterocycles. The van der Waals surface area contributed by atoms with Crippen LogP contribution in [0.15, 0.2) is 29.4 Å². The van der Waals surface area contributed by atoms with Gasteiger partial charge in [-0.15, -0.1) is 21.5 Å². The van der Waals surface area contributed by atoms with E-state index < -0.39 is 5.97 Å². The van der Waals surface area contributed by atoms with Gasteiger partial charge in [-0.05, 0) is 43.9 Å². The molecule has 0 fully saturated rings. The number of aromatic nitrogens is 3. The topological polar surface area (TPSA) is 86.1 Å². The van der Waals surface area contributed by atoms with Gasteiger partial charge in [0.1, 0.15) is 10.8 Å². The van der Waals surface area contributed by atoms with Crippen molar-refractivity contribution in [2.24, 2.45) is 7.05 Å². The van der Waals surface area contributed by atoms with Crippen LogP contribution < -0.4 is 5.32 Å². The average Bonchev–Trinajstić information content (AvgIpc) is 3.42. The van der Waals surface area contributed by atoms with Crippen molar-refractivity contribution in [2.75, 3.05) is 17.7 Å². The van der Waals surface area contributed by atoms with Gasteiger partial charge in [-0.2, -0.15) is 0 Å². The van der Waals surface area contributed by atoms with Crippen molar-refractivity contribution in [1.82, 2.24) is 14.8 Å². The maximum atomic E-state index is 14.1. The lowest BCUT2D eigenvalue weighted by Gasteiger charge is -2.08. The molecule has 10 heteroatoms. The molecule has 1 aromatic carbocycles. The number of benzene rings is 1. The van der Waals surface area contributed by atoms with Gasteiger partial charge in [0.2, 0.25) is 5.91 Å². The van der Waals surface area contributed by atoms with Gasteiger partial charge in [-0.3, -0.25) is 4.79 Å². The Morgan fingerprint density at radius 2 is 2.10 bits per heavy atom. The molecular formula is C21H21FN4O3S2. The predicted octanol–water partition coefficient (Wildman–Crippen LogP) is 4.08. The van der Waals surface area contributed by atoms with Crippen LogP contribution in [0.1, 0.15) is 34.1 Å². The molecule has 1 amide bonds. The number of thioether (sulfide) groups is 1. The lowest BCUT2D eigenvalue weighted by Crippen LogP contribution is -2.17. The minimum Gasteiger partial charge on any atom is -0.462 e. The summed E-state index contributed by atoms with van der Waals surface area (Å²) in [7, 11) is 1.73. The fourth-order valence-electron chi connectivity index (χ4n) is 3.52. The Morgan fingerprint density at radius 1 is 1.29 bits per heavy atom. The fourth-order valence-corrected chi connectivity index (χ4v) is 5.53. The second kappa shape index (κ2) is 9.19. The van der Waals surface area contributed by atoms with E-state index in [0.717, 1.165) is 29.7 Å². The van der Waals surface area contributed by atoms with Gasteiger partial charge >= 0.3 is 5.97 Å². The average molecular weight is 461 g/mol. The minimum atomic E-state index is -0.396. The van der Waals surface area contributed by atoms with Crippen molar-refractivity contribution in [1.29, 1.82) is 0 Å². The van der Waals surface area contributed by atoms with E-state index in [9.17, 15) is 14.0 Å². The van der Waals surface area contributed by atoms with Gasteiger partial charge in [-0.25, -0.2) is 9.18 Å². The van der Waals surface area contributed by atoms with E-state index in [1.807, 2.05) is 0 Å². The number of rotatable bonds is 7. The zero-order chi connectivity index (χ0) is 22.0. The molecule has 0 radical (unpaired) electrons.